The summed E-state index contributed by atoms with van der Waals surface area (Å²) in [7, 11) is 0. The van der Waals surface area contributed by atoms with Crippen LogP contribution >= 0.6 is 0 Å². The topological polar surface area (TPSA) is 74.6 Å². The number of hydrogen-bond acceptors (Lipinski definition) is 2. The van der Waals surface area contributed by atoms with Gasteiger partial charge in [0.25, 0.3) is 0 Å². The fourth-order valence-corrected chi connectivity index (χ4v) is 1.51. The average Bonchev–Trinajstić information content (AvgIpc) is 2.27. The predicted octanol–water partition coefficient (Wildman–Crippen LogP) is 2.23. The average molecular weight is 317 g/mol. The summed E-state index contributed by atoms with van der Waals surface area (Å²) in [6.07, 6.45) is 0. The van der Waals surface area contributed by atoms with Crippen LogP contribution in [0.25, 0.3) is 10.8 Å². The maximum absolute atomic E-state index is 10.7. The molecule has 0 amide bonds. The van der Waals surface area contributed by atoms with Gasteiger partial charge in [-0.05, 0) is 35.0 Å². The zero-order valence-corrected chi connectivity index (χ0v) is 10.3. The van der Waals surface area contributed by atoms with Gasteiger partial charge in [0.2, 0.25) is 0 Å². The van der Waals surface area contributed by atoms with Crippen molar-refractivity contribution in [3.63, 3.8) is 0 Å². The van der Waals surface area contributed by atoms with Gasteiger partial charge >= 0.3 is 11.9 Å². The second kappa shape index (κ2) is 5.06. The van der Waals surface area contributed by atoms with E-state index in [0.717, 1.165) is 0 Å². The molecule has 0 saturated carbocycles. The smallest absolute Gasteiger partial charge is 0.335 e. The summed E-state index contributed by atoms with van der Waals surface area (Å²) < 4.78 is 0. The van der Waals surface area contributed by atoms with Crippen molar-refractivity contribution in [2.24, 2.45) is 0 Å². The van der Waals surface area contributed by atoms with Gasteiger partial charge in [0.1, 0.15) is 0 Å². The Labute approximate surface area is 110 Å². The van der Waals surface area contributed by atoms with Crippen LogP contribution in [-0.2, 0) is 19.5 Å². The van der Waals surface area contributed by atoms with Gasteiger partial charge in [-0.3, -0.25) is 0 Å². The van der Waals surface area contributed by atoms with E-state index in [2.05, 4.69) is 0 Å². The fraction of sp³-hybridized carbons (Fsp3) is 0. The van der Waals surface area contributed by atoms with Crippen LogP contribution in [0, 0.1) is 0 Å². The van der Waals surface area contributed by atoms with Crippen LogP contribution in [0.1, 0.15) is 20.7 Å². The second-order valence-electron chi connectivity index (χ2n) is 3.39. The van der Waals surface area contributed by atoms with E-state index in [9.17, 15) is 9.59 Å². The van der Waals surface area contributed by atoms with E-state index in [1.165, 1.54) is 24.3 Å². The zero-order valence-electron chi connectivity index (χ0n) is 8.53. The number of carbonyl (C=O) groups is 2. The number of carboxylic acid groups (broad SMARTS) is 2. The minimum atomic E-state index is -0.996. The van der Waals surface area contributed by atoms with Crippen molar-refractivity contribution < 1.29 is 39.3 Å². The molecule has 0 fully saturated rings. The summed E-state index contributed by atoms with van der Waals surface area (Å²) in [6, 6.07) is 9.15. The van der Waals surface area contributed by atoms with Crippen LogP contribution in [0.5, 0.6) is 0 Å². The molecule has 0 heterocycles. The van der Waals surface area contributed by atoms with Crippen molar-refractivity contribution in [1.82, 2.24) is 0 Å². The molecule has 17 heavy (non-hydrogen) atoms. The number of rotatable bonds is 2. The van der Waals surface area contributed by atoms with Crippen molar-refractivity contribution in [2.75, 3.05) is 0 Å². The third-order valence-electron chi connectivity index (χ3n) is 2.33. The van der Waals surface area contributed by atoms with Gasteiger partial charge in [0, 0.05) is 19.5 Å². The molecular weight excluding hydrogens is 309 g/mol. The molecule has 0 spiro atoms. The van der Waals surface area contributed by atoms with Crippen LogP contribution in [-0.4, -0.2) is 22.2 Å². The van der Waals surface area contributed by atoms with Gasteiger partial charge in [-0.25, -0.2) is 9.59 Å². The SMILES string of the molecule is O=C(O)c1ccc2cc(C(=O)O)ccc2c1.[Ru]. The van der Waals surface area contributed by atoms with Gasteiger partial charge < -0.3 is 10.2 Å². The zero-order chi connectivity index (χ0) is 11.7. The Bertz CT molecular complexity index is 539. The summed E-state index contributed by atoms with van der Waals surface area (Å²) in [5.41, 5.74) is 0.381. The van der Waals surface area contributed by atoms with Crippen LogP contribution in [0.3, 0.4) is 0 Å². The van der Waals surface area contributed by atoms with E-state index in [1.807, 2.05) is 0 Å². The number of benzene rings is 2. The molecule has 0 aliphatic carbocycles. The molecule has 2 rings (SSSR count). The number of fused-ring (bicyclic) bond motifs is 1. The van der Waals surface area contributed by atoms with E-state index in [0.29, 0.717) is 10.8 Å². The molecule has 0 aromatic heterocycles. The van der Waals surface area contributed by atoms with Gasteiger partial charge in [0.05, 0.1) is 11.1 Å². The minimum absolute atomic E-state index is 0. The summed E-state index contributed by atoms with van der Waals surface area (Å²) >= 11 is 0. The first kappa shape index (κ1) is 13.3. The quantitative estimate of drug-likeness (QED) is 0.833. The summed E-state index contributed by atoms with van der Waals surface area (Å²) in [5, 5.41) is 19.0. The van der Waals surface area contributed by atoms with Crippen LogP contribution in [0.2, 0.25) is 0 Å². The van der Waals surface area contributed by atoms with E-state index in [-0.39, 0.29) is 30.6 Å². The van der Waals surface area contributed by atoms with Crippen molar-refractivity contribution in [3.05, 3.63) is 47.5 Å². The Balaban J connectivity index is 0.00000144. The molecule has 88 valence electrons. The molecule has 0 saturated heterocycles. The fourth-order valence-electron chi connectivity index (χ4n) is 1.51. The first-order chi connectivity index (χ1) is 7.58. The van der Waals surface area contributed by atoms with Crippen molar-refractivity contribution >= 4 is 22.7 Å². The van der Waals surface area contributed by atoms with Crippen molar-refractivity contribution in [3.8, 4) is 0 Å². The summed E-state index contributed by atoms with van der Waals surface area (Å²) in [5.74, 6) is -1.99. The van der Waals surface area contributed by atoms with Gasteiger partial charge in [0.15, 0.2) is 0 Å². The van der Waals surface area contributed by atoms with Gasteiger partial charge in [-0.15, -0.1) is 0 Å². The molecule has 0 atom stereocenters. The molecule has 0 aliphatic heterocycles. The Morgan fingerprint density at radius 2 is 1.12 bits per heavy atom. The Hall–Kier alpha value is -1.74. The largest absolute Gasteiger partial charge is 0.478 e. The third-order valence-corrected chi connectivity index (χ3v) is 2.33. The monoisotopic (exact) mass is 318 g/mol. The maximum atomic E-state index is 10.7. The minimum Gasteiger partial charge on any atom is -0.478 e. The third kappa shape index (κ3) is 2.69. The maximum Gasteiger partial charge on any atom is 0.335 e. The van der Waals surface area contributed by atoms with Crippen LogP contribution in [0.4, 0.5) is 0 Å². The normalized spacial score (nSPS) is 9.65. The van der Waals surface area contributed by atoms with Crippen molar-refractivity contribution in [2.45, 2.75) is 0 Å². The molecule has 0 unspecified atom stereocenters. The predicted molar refractivity (Wildman–Crippen MR) is 57.9 cm³/mol. The first-order valence-electron chi connectivity index (χ1n) is 4.58. The summed E-state index contributed by atoms with van der Waals surface area (Å²) in [4.78, 5) is 21.5. The van der Waals surface area contributed by atoms with Crippen LogP contribution < -0.4 is 0 Å². The number of hydrogen-bond donors (Lipinski definition) is 2. The van der Waals surface area contributed by atoms with E-state index in [4.69, 9.17) is 10.2 Å². The molecule has 4 nitrogen and oxygen atoms in total. The van der Waals surface area contributed by atoms with Gasteiger partial charge in [-0.1, -0.05) is 12.1 Å². The molecule has 5 heteroatoms. The summed E-state index contributed by atoms with van der Waals surface area (Å²) in [6.45, 7) is 0. The molecule has 2 aromatic rings. The van der Waals surface area contributed by atoms with Crippen LogP contribution in [0.15, 0.2) is 36.4 Å². The Morgan fingerprint density at radius 1 is 0.765 bits per heavy atom. The van der Waals surface area contributed by atoms with E-state index < -0.39 is 11.9 Å². The first-order valence-corrected chi connectivity index (χ1v) is 4.58. The van der Waals surface area contributed by atoms with Crippen molar-refractivity contribution in [1.29, 1.82) is 0 Å². The van der Waals surface area contributed by atoms with E-state index in [1.54, 1.807) is 12.1 Å². The Kier molecular flexibility index (Phi) is 3.97. The number of aromatic carboxylic acids is 2. The molecule has 2 aromatic carbocycles. The number of carboxylic acids is 2. The molecule has 2 N–H and O–H groups in total. The second-order valence-corrected chi connectivity index (χ2v) is 3.39. The standard InChI is InChI=1S/C12H8O4.Ru/c13-11(14)9-3-1-7-5-10(12(15)16)4-2-8(7)6-9;/h1-6H,(H,13,14)(H,15,16);. The Morgan fingerprint density at radius 3 is 1.41 bits per heavy atom. The molecular formula is C12H8O4Ru. The molecule has 0 aliphatic rings. The van der Waals surface area contributed by atoms with Gasteiger partial charge in [-0.2, -0.15) is 0 Å². The molecule has 0 radical (unpaired) electrons. The molecule has 0 bridgehead atoms. The van der Waals surface area contributed by atoms with E-state index >= 15 is 0 Å².